The summed E-state index contributed by atoms with van der Waals surface area (Å²) in [6, 6.07) is 20.2. The zero-order valence-corrected chi connectivity index (χ0v) is 15.6. The fourth-order valence-electron chi connectivity index (χ4n) is 3.76. The van der Waals surface area contributed by atoms with Crippen LogP contribution in [-0.4, -0.2) is 27.4 Å². The van der Waals surface area contributed by atoms with E-state index in [0.29, 0.717) is 26.9 Å². The van der Waals surface area contributed by atoms with E-state index in [0.717, 1.165) is 0 Å². The molecule has 0 fully saturated rings. The maximum Gasteiger partial charge on any atom is 0.352 e. The van der Waals surface area contributed by atoms with E-state index >= 15 is 0 Å². The van der Waals surface area contributed by atoms with Gasteiger partial charge in [0, 0.05) is 10.8 Å². The van der Waals surface area contributed by atoms with Crippen molar-refractivity contribution >= 4 is 39.6 Å². The van der Waals surface area contributed by atoms with Gasteiger partial charge in [-0.3, -0.25) is 14.4 Å². The van der Waals surface area contributed by atoms with Crippen LogP contribution in [0.3, 0.4) is 0 Å². The fourth-order valence-corrected chi connectivity index (χ4v) is 3.76. The second-order valence-corrected chi connectivity index (χ2v) is 6.86. The van der Waals surface area contributed by atoms with E-state index in [1.54, 1.807) is 65.2 Å². The minimum absolute atomic E-state index is 0.133. The number of pyridine rings is 1. The molecule has 0 radical (unpaired) electrons. The molecule has 2 heterocycles. The predicted octanol–water partition coefficient (Wildman–Crippen LogP) is 2.91. The minimum Gasteiger partial charge on any atom is -0.329 e. The van der Waals surface area contributed by atoms with Crippen LogP contribution < -0.4 is 5.43 Å². The van der Waals surface area contributed by atoms with Gasteiger partial charge >= 0.3 is 5.97 Å². The molecule has 4 aromatic rings. The third-order valence-electron chi connectivity index (χ3n) is 5.12. The van der Waals surface area contributed by atoms with Crippen molar-refractivity contribution in [2.24, 2.45) is 0 Å². The molecular formula is C23H14N2O5. The highest BCUT2D eigenvalue weighted by Crippen LogP contribution is 2.23. The van der Waals surface area contributed by atoms with Gasteiger partial charge in [0.2, 0.25) is 0 Å². The predicted molar refractivity (Wildman–Crippen MR) is 109 cm³/mol. The number of imide groups is 1. The number of rotatable bonds is 3. The molecule has 0 aliphatic carbocycles. The van der Waals surface area contributed by atoms with Crippen LogP contribution >= 0.6 is 0 Å². The summed E-state index contributed by atoms with van der Waals surface area (Å²) in [7, 11) is 0. The molecule has 1 aromatic heterocycles. The van der Waals surface area contributed by atoms with Gasteiger partial charge in [-0.2, -0.15) is 0 Å². The second-order valence-electron chi connectivity index (χ2n) is 6.86. The molecule has 0 spiro atoms. The number of nitrogens with zero attached hydrogens (tertiary/aromatic N) is 2. The number of amides is 2. The fraction of sp³-hybridized carbons (Fsp3) is 0.0435. The van der Waals surface area contributed by atoms with Gasteiger partial charge in [-0.15, -0.1) is 0 Å². The lowest BCUT2D eigenvalue weighted by atomic mass is 10.1. The second kappa shape index (κ2) is 6.66. The normalized spacial score (nSPS) is 13.1. The van der Waals surface area contributed by atoms with Crippen LogP contribution in [0.5, 0.6) is 0 Å². The third kappa shape index (κ3) is 2.60. The van der Waals surface area contributed by atoms with E-state index in [1.165, 1.54) is 12.1 Å². The molecule has 5 rings (SSSR count). The van der Waals surface area contributed by atoms with Gasteiger partial charge in [-0.25, -0.2) is 4.79 Å². The van der Waals surface area contributed by atoms with Crippen molar-refractivity contribution in [2.45, 2.75) is 6.54 Å². The molecular weight excluding hydrogens is 384 g/mol. The number of para-hydroxylation sites is 2. The maximum atomic E-state index is 12.8. The van der Waals surface area contributed by atoms with Crippen LogP contribution in [0.2, 0.25) is 0 Å². The summed E-state index contributed by atoms with van der Waals surface area (Å²) in [4.78, 5) is 55.5. The first-order valence-corrected chi connectivity index (χ1v) is 9.25. The number of carbonyl (C=O) groups is 3. The minimum atomic E-state index is -0.802. The zero-order chi connectivity index (χ0) is 20.8. The first kappa shape index (κ1) is 17.8. The molecule has 3 aromatic carbocycles. The molecule has 0 N–H and O–H groups in total. The van der Waals surface area contributed by atoms with Crippen LogP contribution in [0, 0.1) is 0 Å². The highest BCUT2D eigenvalue weighted by atomic mass is 16.7. The lowest BCUT2D eigenvalue weighted by Gasteiger charge is -2.17. The summed E-state index contributed by atoms with van der Waals surface area (Å²) in [6.07, 6.45) is 0. The van der Waals surface area contributed by atoms with E-state index in [-0.39, 0.29) is 23.1 Å². The van der Waals surface area contributed by atoms with Gasteiger partial charge in [0.05, 0.1) is 22.2 Å². The van der Waals surface area contributed by atoms with Crippen LogP contribution in [0.15, 0.2) is 77.6 Å². The Kier molecular flexibility index (Phi) is 3.96. The Balaban J connectivity index is 1.53. The molecule has 0 saturated heterocycles. The monoisotopic (exact) mass is 398 g/mol. The van der Waals surface area contributed by atoms with E-state index in [4.69, 9.17) is 4.84 Å². The number of aromatic nitrogens is 1. The third-order valence-corrected chi connectivity index (χ3v) is 5.12. The van der Waals surface area contributed by atoms with Crippen molar-refractivity contribution in [1.29, 1.82) is 0 Å². The molecule has 7 nitrogen and oxygen atoms in total. The van der Waals surface area contributed by atoms with Gasteiger partial charge in [0.1, 0.15) is 6.54 Å². The van der Waals surface area contributed by atoms with Gasteiger partial charge in [-0.05, 0) is 36.4 Å². The smallest absolute Gasteiger partial charge is 0.329 e. The standard InChI is InChI=1S/C23H14N2O5/c26-20(30-25-22(28)14-7-1-2-8-15(14)23(25)29)13-24-18-11-5-3-9-16(18)21(27)17-10-4-6-12-19(17)24/h1-12H,13H2. The Morgan fingerprint density at radius 2 is 1.17 bits per heavy atom. The first-order valence-electron chi connectivity index (χ1n) is 9.25. The maximum absolute atomic E-state index is 12.8. The quantitative estimate of drug-likeness (QED) is 0.391. The van der Waals surface area contributed by atoms with Crippen molar-refractivity contribution < 1.29 is 19.2 Å². The number of hydrogen-bond acceptors (Lipinski definition) is 5. The van der Waals surface area contributed by atoms with E-state index in [1.807, 2.05) is 0 Å². The van der Waals surface area contributed by atoms with E-state index in [2.05, 4.69) is 0 Å². The number of hydrogen-bond donors (Lipinski definition) is 0. The van der Waals surface area contributed by atoms with Gasteiger partial charge in [-0.1, -0.05) is 41.5 Å². The number of benzene rings is 3. The molecule has 2 amide bonds. The van der Waals surface area contributed by atoms with Crippen molar-refractivity contribution in [2.75, 3.05) is 0 Å². The van der Waals surface area contributed by atoms with Crippen molar-refractivity contribution in [1.82, 2.24) is 9.63 Å². The Bertz CT molecular complexity index is 1340. The molecule has 30 heavy (non-hydrogen) atoms. The summed E-state index contributed by atoms with van der Waals surface area (Å²) >= 11 is 0. The zero-order valence-electron chi connectivity index (χ0n) is 15.6. The van der Waals surface area contributed by atoms with Crippen LogP contribution in [0.4, 0.5) is 0 Å². The highest BCUT2D eigenvalue weighted by molar-refractivity contribution is 6.20. The highest BCUT2D eigenvalue weighted by Gasteiger charge is 2.38. The van der Waals surface area contributed by atoms with Gasteiger partial charge in [0.25, 0.3) is 11.8 Å². The molecule has 146 valence electrons. The van der Waals surface area contributed by atoms with E-state index in [9.17, 15) is 19.2 Å². The lowest BCUT2D eigenvalue weighted by Crippen LogP contribution is -2.34. The average molecular weight is 398 g/mol. The number of carbonyl (C=O) groups excluding carboxylic acids is 3. The van der Waals surface area contributed by atoms with Crippen LogP contribution in [-0.2, 0) is 16.2 Å². The number of fused-ring (bicyclic) bond motifs is 3. The van der Waals surface area contributed by atoms with Gasteiger partial charge < -0.3 is 9.40 Å². The van der Waals surface area contributed by atoms with Gasteiger partial charge in [0.15, 0.2) is 5.43 Å². The summed E-state index contributed by atoms with van der Waals surface area (Å²) in [6.45, 7) is -0.283. The Hall–Kier alpha value is -4.26. The molecule has 7 heteroatoms. The van der Waals surface area contributed by atoms with Crippen molar-refractivity contribution in [3.63, 3.8) is 0 Å². The summed E-state index contributed by atoms with van der Waals surface area (Å²) < 4.78 is 1.65. The summed E-state index contributed by atoms with van der Waals surface area (Å²) in [5.74, 6) is -2.17. The summed E-state index contributed by atoms with van der Waals surface area (Å²) in [5, 5.41) is 1.41. The SMILES string of the molecule is O=C(Cn1c2ccccc2c(=O)c2ccccc21)ON1C(=O)c2ccccc2C1=O. The molecule has 0 unspecified atom stereocenters. The molecule has 1 aliphatic rings. The molecule has 0 atom stereocenters. The number of hydroxylamine groups is 2. The largest absolute Gasteiger partial charge is 0.352 e. The first-order chi connectivity index (χ1) is 14.6. The van der Waals surface area contributed by atoms with Crippen LogP contribution in [0.25, 0.3) is 21.8 Å². The lowest BCUT2D eigenvalue weighted by molar-refractivity contribution is -0.169. The van der Waals surface area contributed by atoms with Crippen molar-refractivity contribution in [3.05, 3.63) is 94.1 Å². The Labute approximate surface area is 169 Å². The molecule has 0 bridgehead atoms. The summed E-state index contributed by atoms with van der Waals surface area (Å²) in [5.41, 5.74) is 1.36. The molecule has 0 saturated carbocycles. The van der Waals surface area contributed by atoms with E-state index < -0.39 is 17.8 Å². The van der Waals surface area contributed by atoms with Crippen LogP contribution in [0.1, 0.15) is 20.7 Å². The van der Waals surface area contributed by atoms with Crippen molar-refractivity contribution in [3.8, 4) is 0 Å². The Morgan fingerprint density at radius 1 is 0.700 bits per heavy atom. The molecule has 1 aliphatic heterocycles. The topological polar surface area (TPSA) is 85.7 Å². The Morgan fingerprint density at radius 3 is 1.70 bits per heavy atom. The average Bonchev–Trinajstić information content (AvgIpc) is 3.02.